The lowest BCUT2D eigenvalue weighted by Crippen LogP contribution is -2.48. The molecule has 0 spiro atoms. The molecule has 1 fully saturated rings. The van der Waals surface area contributed by atoms with E-state index in [0.29, 0.717) is 5.15 Å². The lowest BCUT2D eigenvalue weighted by molar-refractivity contribution is 0.363. The molecule has 0 aliphatic carbocycles. The van der Waals surface area contributed by atoms with E-state index in [-0.39, 0.29) is 5.54 Å². The smallest absolute Gasteiger partial charge is 0.147 e. The van der Waals surface area contributed by atoms with E-state index in [4.69, 9.17) is 22.3 Å². The number of piperidine rings is 1. The number of aryl methyl sites for hydroxylation is 1. The van der Waals surface area contributed by atoms with Gasteiger partial charge in [-0.3, -0.25) is 4.98 Å². The van der Waals surface area contributed by atoms with Crippen LogP contribution in [0.2, 0.25) is 5.15 Å². The molecule has 0 amide bonds. The van der Waals surface area contributed by atoms with Gasteiger partial charge < -0.3 is 10.6 Å². The lowest BCUT2D eigenvalue weighted by atomic mass is 9.91. The van der Waals surface area contributed by atoms with Crippen LogP contribution < -0.4 is 10.6 Å². The molecule has 2 aromatic heterocycles. The third kappa shape index (κ3) is 3.20. The van der Waals surface area contributed by atoms with Crippen molar-refractivity contribution in [1.29, 1.82) is 0 Å². The highest BCUT2D eigenvalue weighted by molar-refractivity contribution is 6.29. The normalized spacial score (nSPS) is 17.5. The maximum absolute atomic E-state index is 6.18. The summed E-state index contributed by atoms with van der Waals surface area (Å²) in [5.74, 6) is 0.915. The first-order valence-corrected chi connectivity index (χ1v) is 7.82. The summed E-state index contributed by atoms with van der Waals surface area (Å²) < 4.78 is 0. The van der Waals surface area contributed by atoms with Crippen molar-refractivity contribution >= 4 is 17.4 Å². The number of nitrogens with two attached hydrogens (primary N) is 1. The third-order valence-corrected chi connectivity index (χ3v) is 4.39. The molecule has 116 valence electrons. The highest BCUT2D eigenvalue weighted by Gasteiger charge is 2.26. The van der Waals surface area contributed by atoms with Gasteiger partial charge in [0.15, 0.2) is 0 Å². The molecule has 0 saturated carbocycles. The average molecular weight is 318 g/mol. The molecule has 2 aromatic rings. The van der Waals surface area contributed by atoms with Crippen LogP contribution >= 0.6 is 11.6 Å². The maximum Gasteiger partial charge on any atom is 0.147 e. The fraction of sp³-hybridized carbons (Fsp3) is 0.438. The largest absolute Gasteiger partial charge is 0.355 e. The van der Waals surface area contributed by atoms with E-state index in [2.05, 4.69) is 21.8 Å². The zero-order valence-corrected chi connectivity index (χ0v) is 13.6. The summed E-state index contributed by atoms with van der Waals surface area (Å²) >= 11 is 5.82. The number of rotatable bonds is 2. The Balaban J connectivity index is 1.82. The summed E-state index contributed by atoms with van der Waals surface area (Å²) in [5.41, 5.74) is 8.78. The zero-order valence-electron chi connectivity index (χ0n) is 12.9. The fourth-order valence-electron chi connectivity index (χ4n) is 2.67. The number of hydrogen-bond acceptors (Lipinski definition) is 5. The summed E-state index contributed by atoms with van der Waals surface area (Å²) in [5, 5.41) is 0.476. The van der Waals surface area contributed by atoms with Crippen molar-refractivity contribution in [2.24, 2.45) is 5.73 Å². The second kappa shape index (κ2) is 5.82. The highest BCUT2D eigenvalue weighted by Crippen LogP contribution is 2.26. The second-order valence-corrected chi connectivity index (χ2v) is 6.56. The summed E-state index contributed by atoms with van der Waals surface area (Å²) in [6, 6.07) is 3.67. The monoisotopic (exact) mass is 317 g/mol. The van der Waals surface area contributed by atoms with Crippen LogP contribution in [-0.2, 0) is 0 Å². The SMILES string of the molecule is Cc1nc(N2CCC(C)(N)CC2)cnc1-c1ccc(Cl)nc1. The first kappa shape index (κ1) is 15.2. The maximum atomic E-state index is 6.18. The Labute approximate surface area is 135 Å². The molecule has 1 aliphatic heterocycles. The molecule has 0 atom stereocenters. The molecule has 1 aliphatic rings. The fourth-order valence-corrected chi connectivity index (χ4v) is 2.78. The molecular formula is C16H20ClN5. The van der Waals surface area contributed by atoms with Crippen LogP contribution in [0.15, 0.2) is 24.5 Å². The van der Waals surface area contributed by atoms with Crippen molar-refractivity contribution in [3.63, 3.8) is 0 Å². The first-order chi connectivity index (χ1) is 10.4. The molecular weight excluding hydrogens is 298 g/mol. The van der Waals surface area contributed by atoms with Gasteiger partial charge in [0.1, 0.15) is 11.0 Å². The van der Waals surface area contributed by atoms with E-state index in [1.54, 1.807) is 12.3 Å². The Kier molecular flexibility index (Phi) is 4.02. The van der Waals surface area contributed by atoms with E-state index >= 15 is 0 Å². The van der Waals surface area contributed by atoms with Crippen molar-refractivity contribution in [2.75, 3.05) is 18.0 Å². The number of anilines is 1. The van der Waals surface area contributed by atoms with Crippen LogP contribution in [0.1, 0.15) is 25.5 Å². The average Bonchev–Trinajstić information content (AvgIpc) is 2.48. The van der Waals surface area contributed by atoms with Crippen LogP contribution in [0.3, 0.4) is 0 Å². The number of nitrogens with zero attached hydrogens (tertiary/aromatic N) is 4. The molecule has 3 rings (SSSR count). The second-order valence-electron chi connectivity index (χ2n) is 6.17. The van der Waals surface area contributed by atoms with Gasteiger partial charge in [-0.1, -0.05) is 11.6 Å². The minimum atomic E-state index is -0.0616. The van der Waals surface area contributed by atoms with E-state index in [9.17, 15) is 0 Å². The van der Waals surface area contributed by atoms with E-state index < -0.39 is 0 Å². The van der Waals surface area contributed by atoms with Gasteiger partial charge in [0, 0.05) is 30.4 Å². The molecule has 0 unspecified atom stereocenters. The molecule has 1 saturated heterocycles. The van der Waals surface area contributed by atoms with Gasteiger partial charge in [0.25, 0.3) is 0 Å². The number of halogens is 1. The number of hydrogen-bond donors (Lipinski definition) is 1. The van der Waals surface area contributed by atoms with Crippen molar-refractivity contribution in [2.45, 2.75) is 32.2 Å². The molecule has 3 heterocycles. The quantitative estimate of drug-likeness (QED) is 0.863. The van der Waals surface area contributed by atoms with Crippen LogP contribution in [-0.4, -0.2) is 33.6 Å². The highest BCUT2D eigenvalue weighted by atomic mass is 35.5. The minimum absolute atomic E-state index is 0.0616. The van der Waals surface area contributed by atoms with Crippen molar-refractivity contribution in [3.05, 3.63) is 35.4 Å². The topological polar surface area (TPSA) is 67.9 Å². The van der Waals surface area contributed by atoms with E-state index in [1.807, 2.05) is 19.2 Å². The van der Waals surface area contributed by atoms with Crippen molar-refractivity contribution in [1.82, 2.24) is 15.0 Å². The molecule has 6 heteroatoms. The molecule has 0 aromatic carbocycles. The first-order valence-electron chi connectivity index (χ1n) is 7.44. The van der Waals surface area contributed by atoms with E-state index in [0.717, 1.165) is 48.7 Å². The zero-order chi connectivity index (χ0) is 15.7. The Morgan fingerprint density at radius 1 is 1.18 bits per heavy atom. The van der Waals surface area contributed by atoms with Crippen molar-refractivity contribution < 1.29 is 0 Å². The molecule has 2 N–H and O–H groups in total. The molecule has 22 heavy (non-hydrogen) atoms. The van der Waals surface area contributed by atoms with Gasteiger partial charge in [-0.25, -0.2) is 9.97 Å². The Morgan fingerprint density at radius 2 is 1.91 bits per heavy atom. The molecule has 5 nitrogen and oxygen atoms in total. The predicted molar refractivity (Wildman–Crippen MR) is 89.0 cm³/mol. The standard InChI is InChI=1S/C16H20ClN5/c1-11-15(12-3-4-13(17)19-9-12)20-10-14(21-11)22-7-5-16(2,18)6-8-22/h3-4,9-10H,5-8,18H2,1-2H3. The van der Waals surface area contributed by atoms with Gasteiger partial charge in [-0.15, -0.1) is 0 Å². The van der Waals surface area contributed by atoms with Crippen LogP contribution in [0.5, 0.6) is 0 Å². The lowest BCUT2D eigenvalue weighted by Gasteiger charge is -2.37. The van der Waals surface area contributed by atoms with Crippen molar-refractivity contribution in [3.8, 4) is 11.3 Å². The van der Waals surface area contributed by atoms with Crippen LogP contribution in [0.4, 0.5) is 5.82 Å². The Morgan fingerprint density at radius 3 is 2.50 bits per heavy atom. The Hall–Kier alpha value is -1.72. The molecule has 0 radical (unpaired) electrons. The number of aromatic nitrogens is 3. The molecule has 0 bridgehead atoms. The van der Waals surface area contributed by atoms with Gasteiger partial charge in [-0.05, 0) is 38.8 Å². The van der Waals surface area contributed by atoms with Crippen LogP contribution in [0, 0.1) is 6.92 Å². The summed E-state index contributed by atoms with van der Waals surface area (Å²) in [7, 11) is 0. The van der Waals surface area contributed by atoms with Gasteiger partial charge in [0.2, 0.25) is 0 Å². The Bertz CT molecular complexity index is 659. The summed E-state index contributed by atoms with van der Waals surface area (Å²) in [4.78, 5) is 15.6. The van der Waals surface area contributed by atoms with Gasteiger partial charge in [0.05, 0.1) is 17.6 Å². The van der Waals surface area contributed by atoms with Gasteiger partial charge >= 0.3 is 0 Å². The summed E-state index contributed by atoms with van der Waals surface area (Å²) in [6.07, 6.45) is 5.49. The number of pyridine rings is 1. The predicted octanol–water partition coefficient (Wildman–Crippen LogP) is 2.82. The minimum Gasteiger partial charge on any atom is -0.355 e. The van der Waals surface area contributed by atoms with E-state index in [1.165, 1.54) is 0 Å². The van der Waals surface area contributed by atoms with Gasteiger partial charge in [-0.2, -0.15) is 0 Å². The van der Waals surface area contributed by atoms with Crippen LogP contribution in [0.25, 0.3) is 11.3 Å². The summed E-state index contributed by atoms with van der Waals surface area (Å²) in [6.45, 7) is 5.92. The third-order valence-electron chi connectivity index (χ3n) is 4.16.